The van der Waals surface area contributed by atoms with Crippen LogP contribution in [-0.2, 0) is 4.74 Å². The number of carbonyl (C=O) groups is 3. The van der Waals surface area contributed by atoms with Gasteiger partial charge in [-0.15, -0.1) is 0 Å². The minimum atomic E-state index is -0.450. The van der Waals surface area contributed by atoms with E-state index in [1.54, 1.807) is 48.5 Å². The first-order chi connectivity index (χ1) is 13.6. The van der Waals surface area contributed by atoms with Gasteiger partial charge in [0.15, 0.2) is 0 Å². The molecular formula is C22H24N2O4. The molecule has 28 heavy (non-hydrogen) atoms. The van der Waals surface area contributed by atoms with Crippen LogP contribution in [0.2, 0.25) is 0 Å². The minimum Gasteiger partial charge on any atom is -0.465 e. The van der Waals surface area contributed by atoms with Gasteiger partial charge >= 0.3 is 5.97 Å². The van der Waals surface area contributed by atoms with Gasteiger partial charge in [-0.1, -0.05) is 19.3 Å². The van der Waals surface area contributed by atoms with Gasteiger partial charge in [0.05, 0.1) is 12.7 Å². The van der Waals surface area contributed by atoms with Gasteiger partial charge in [0.25, 0.3) is 11.8 Å². The number of ether oxygens (including phenoxy) is 1. The molecule has 1 aliphatic rings. The lowest BCUT2D eigenvalue weighted by molar-refractivity contribution is 0.0600. The maximum absolute atomic E-state index is 12.3. The molecule has 1 saturated carbocycles. The number of hydrogen-bond acceptors (Lipinski definition) is 4. The van der Waals surface area contributed by atoms with Crippen molar-refractivity contribution in [1.29, 1.82) is 0 Å². The van der Waals surface area contributed by atoms with Crippen molar-refractivity contribution in [2.24, 2.45) is 0 Å². The summed E-state index contributed by atoms with van der Waals surface area (Å²) in [5.74, 6) is -0.826. The van der Waals surface area contributed by atoms with E-state index in [0.717, 1.165) is 25.7 Å². The number of amides is 2. The van der Waals surface area contributed by atoms with E-state index < -0.39 is 5.97 Å². The Morgan fingerprint density at radius 1 is 0.786 bits per heavy atom. The summed E-state index contributed by atoms with van der Waals surface area (Å²) >= 11 is 0. The second kappa shape index (κ2) is 9.17. The van der Waals surface area contributed by atoms with Crippen LogP contribution in [0.15, 0.2) is 48.5 Å². The molecule has 1 fully saturated rings. The molecular weight excluding hydrogens is 356 g/mol. The normalized spacial score (nSPS) is 14.2. The number of methoxy groups -OCH3 is 1. The fraction of sp³-hybridized carbons (Fsp3) is 0.318. The predicted octanol–water partition coefficient (Wildman–Crippen LogP) is 3.79. The number of hydrogen-bond donors (Lipinski definition) is 2. The Morgan fingerprint density at radius 2 is 1.32 bits per heavy atom. The molecule has 0 aromatic heterocycles. The van der Waals surface area contributed by atoms with E-state index in [1.165, 1.54) is 13.5 Å². The largest absolute Gasteiger partial charge is 0.465 e. The Labute approximate surface area is 164 Å². The van der Waals surface area contributed by atoms with Gasteiger partial charge < -0.3 is 15.4 Å². The van der Waals surface area contributed by atoms with Gasteiger partial charge in [-0.3, -0.25) is 9.59 Å². The average Bonchev–Trinajstić information content (AvgIpc) is 2.74. The van der Waals surface area contributed by atoms with Crippen LogP contribution in [0.25, 0.3) is 0 Å². The van der Waals surface area contributed by atoms with Crippen molar-refractivity contribution in [3.8, 4) is 0 Å². The highest BCUT2D eigenvalue weighted by atomic mass is 16.5. The Morgan fingerprint density at radius 3 is 1.93 bits per heavy atom. The highest BCUT2D eigenvalue weighted by molar-refractivity contribution is 6.05. The predicted molar refractivity (Wildman–Crippen MR) is 107 cm³/mol. The molecule has 0 bridgehead atoms. The highest BCUT2D eigenvalue weighted by Gasteiger charge is 2.16. The second-order valence-electron chi connectivity index (χ2n) is 6.91. The summed E-state index contributed by atoms with van der Waals surface area (Å²) < 4.78 is 4.64. The van der Waals surface area contributed by atoms with Gasteiger partial charge in [0.2, 0.25) is 0 Å². The molecule has 0 unspecified atom stereocenters. The zero-order valence-corrected chi connectivity index (χ0v) is 15.9. The second-order valence-corrected chi connectivity index (χ2v) is 6.91. The van der Waals surface area contributed by atoms with E-state index in [2.05, 4.69) is 15.4 Å². The summed E-state index contributed by atoms with van der Waals surface area (Å²) in [5, 5.41) is 5.86. The Balaban J connectivity index is 1.58. The van der Waals surface area contributed by atoms with Crippen LogP contribution in [0.3, 0.4) is 0 Å². The third-order valence-corrected chi connectivity index (χ3v) is 4.91. The third kappa shape index (κ3) is 4.97. The lowest BCUT2D eigenvalue weighted by Gasteiger charge is -2.22. The van der Waals surface area contributed by atoms with E-state index in [1.807, 2.05) is 0 Å². The van der Waals surface area contributed by atoms with E-state index in [4.69, 9.17) is 0 Å². The van der Waals surface area contributed by atoms with Crippen LogP contribution in [0, 0.1) is 0 Å². The van der Waals surface area contributed by atoms with Crippen molar-refractivity contribution < 1.29 is 19.1 Å². The van der Waals surface area contributed by atoms with Gasteiger partial charge in [-0.25, -0.2) is 4.79 Å². The summed E-state index contributed by atoms with van der Waals surface area (Å²) in [6.45, 7) is 0. The van der Waals surface area contributed by atoms with Crippen molar-refractivity contribution in [3.05, 3.63) is 65.2 Å². The highest BCUT2D eigenvalue weighted by Crippen LogP contribution is 2.18. The summed E-state index contributed by atoms with van der Waals surface area (Å²) in [6.07, 6.45) is 5.64. The molecule has 3 rings (SSSR count). The maximum atomic E-state index is 12.3. The number of nitrogens with one attached hydrogen (secondary N) is 2. The Hall–Kier alpha value is -3.15. The van der Waals surface area contributed by atoms with Crippen LogP contribution in [0.5, 0.6) is 0 Å². The summed E-state index contributed by atoms with van der Waals surface area (Å²) in [5.41, 5.74) is 1.97. The molecule has 1 aliphatic carbocycles. The Bertz CT molecular complexity index is 838. The monoisotopic (exact) mass is 380 g/mol. The van der Waals surface area contributed by atoms with Crippen LogP contribution < -0.4 is 10.6 Å². The van der Waals surface area contributed by atoms with Gasteiger partial charge in [0, 0.05) is 22.9 Å². The van der Waals surface area contributed by atoms with Gasteiger partial charge in [-0.05, 0) is 61.4 Å². The summed E-state index contributed by atoms with van der Waals surface area (Å²) in [7, 11) is 1.31. The van der Waals surface area contributed by atoms with Crippen molar-refractivity contribution >= 4 is 23.5 Å². The van der Waals surface area contributed by atoms with E-state index in [9.17, 15) is 14.4 Å². The van der Waals surface area contributed by atoms with Crippen LogP contribution in [-0.4, -0.2) is 30.9 Å². The zero-order chi connectivity index (χ0) is 19.9. The topological polar surface area (TPSA) is 84.5 Å². The Kier molecular flexibility index (Phi) is 6.42. The lowest BCUT2D eigenvalue weighted by atomic mass is 9.95. The van der Waals surface area contributed by atoms with E-state index >= 15 is 0 Å². The lowest BCUT2D eigenvalue weighted by Crippen LogP contribution is -2.36. The van der Waals surface area contributed by atoms with Crippen LogP contribution in [0.4, 0.5) is 5.69 Å². The van der Waals surface area contributed by atoms with Crippen LogP contribution in [0.1, 0.15) is 63.2 Å². The van der Waals surface area contributed by atoms with E-state index in [0.29, 0.717) is 22.4 Å². The van der Waals surface area contributed by atoms with Crippen molar-refractivity contribution in [3.63, 3.8) is 0 Å². The summed E-state index contributed by atoms with van der Waals surface area (Å²) in [4.78, 5) is 36.1. The third-order valence-electron chi connectivity index (χ3n) is 4.91. The number of carbonyl (C=O) groups excluding carboxylic acids is 3. The summed E-state index contributed by atoms with van der Waals surface area (Å²) in [6, 6.07) is 13.3. The SMILES string of the molecule is COC(=O)c1ccc(C(=O)Nc2ccc(C(=O)NC3CCCCC3)cc2)cc1. The molecule has 0 saturated heterocycles. The first kappa shape index (κ1) is 19.6. The number of rotatable bonds is 5. The molecule has 6 heteroatoms. The van der Waals surface area contributed by atoms with Crippen molar-refractivity contribution in [2.75, 3.05) is 12.4 Å². The van der Waals surface area contributed by atoms with Crippen LogP contribution >= 0.6 is 0 Å². The van der Waals surface area contributed by atoms with E-state index in [-0.39, 0.29) is 17.9 Å². The van der Waals surface area contributed by atoms with Crippen molar-refractivity contribution in [1.82, 2.24) is 5.32 Å². The molecule has 2 amide bonds. The first-order valence-electron chi connectivity index (χ1n) is 9.47. The van der Waals surface area contributed by atoms with Crippen molar-refractivity contribution in [2.45, 2.75) is 38.1 Å². The average molecular weight is 380 g/mol. The standard InChI is InChI=1S/C22H24N2O4/c1-28-22(27)17-9-7-15(8-10-17)20(25)24-19-13-11-16(12-14-19)21(26)23-18-5-3-2-4-6-18/h7-14,18H,2-6H2,1H3,(H,23,26)(H,24,25). The quantitative estimate of drug-likeness (QED) is 0.773. The molecule has 0 atom stereocenters. The minimum absolute atomic E-state index is 0.0804. The molecule has 2 aromatic rings. The molecule has 146 valence electrons. The molecule has 0 spiro atoms. The van der Waals surface area contributed by atoms with Gasteiger partial charge in [-0.2, -0.15) is 0 Å². The molecule has 6 nitrogen and oxygen atoms in total. The molecule has 2 aromatic carbocycles. The zero-order valence-electron chi connectivity index (χ0n) is 15.9. The fourth-order valence-electron chi connectivity index (χ4n) is 3.30. The molecule has 0 aliphatic heterocycles. The number of anilines is 1. The number of esters is 1. The van der Waals surface area contributed by atoms with Gasteiger partial charge in [0.1, 0.15) is 0 Å². The molecule has 0 radical (unpaired) electrons. The fourth-order valence-corrected chi connectivity index (χ4v) is 3.30. The maximum Gasteiger partial charge on any atom is 0.337 e. The molecule has 0 heterocycles. The first-order valence-corrected chi connectivity index (χ1v) is 9.47. The number of benzene rings is 2. The molecule has 2 N–H and O–H groups in total. The smallest absolute Gasteiger partial charge is 0.337 e.